The number of carbonyl (C=O) groups is 2. The topological polar surface area (TPSA) is 86.8 Å². The Hall–Kier alpha value is -2.51. The minimum absolute atomic E-state index is 0.122. The number of methoxy groups -OCH3 is 1. The zero-order chi connectivity index (χ0) is 20.0. The summed E-state index contributed by atoms with van der Waals surface area (Å²) < 4.78 is 15.8. The van der Waals surface area contributed by atoms with Crippen LogP contribution in [-0.4, -0.2) is 36.7 Å². The summed E-state index contributed by atoms with van der Waals surface area (Å²) in [6.45, 7) is 3.73. The number of aromatic nitrogens is 1. The predicted octanol–water partition coefficient (Wildman–Crippen LogP) is 3.98. The highest BCUT2D eigenvalue weighted by Gasteiger charge is 2.21. The second kappa shape index (κ2) is 9.43. The van der Waals surface area contributed by atoms with E-state index < -0.39 is 18.0 Å². The van der Waals surface area contributed by atoms with Gasteiger partial charge in [-0.2, -0.15) is 0 Å². The second-order valence-electron chi connectivity index (χ2n) is 5.32. The van der Waals surface area contributed by atoms with Crippen molar-refractivity contribution in [2.24, 2.45) is 0 Å². The van der Waals surface area contributed by atoms with Crippen molar-refractivity contribution in [2.45, 2.75) is 20.0 Å². The Morgan fingerprint density at radius 2 is 1.96 bits per heavy atom. The smallest absolute Gasteiger partial charge is 0.339 e. The molecule has 0 saturated heterocycles. The molecule has 1 aromatic heterocycles. The van der Waals surface area contributed by atoms with E-state index in [-0.39, 0.29) is 16.4 Å². The number of benzene rings is 1. The third-order valence-electron chi connectivity index (χ3n) is 3.40. The standard InChI is InChI=1S/C18H18Cl2N2O5/c1-4-26-14-6-5-11(7-15(14)25-3)18(24)27-10(2)17(23)22-16-13(20)8-12(19)9-21-16/h5-10H,4H2,1-3H3,(H,21,22,23)/t10-/m1/s1. The molecule has 0 aliphatic heterocycles. The maximum atomic E-state index is 12.3. The summed E-state index contributed by atoms with van der Waals surface area (Å²) in [6.07, 6.45) is 0.259. The molecule has 0 unspecified atom stereocenters. The lowest BCUT2D eigenvalue weighted by atomic mass is 10.2. The molecule has 2 rings (SSSR count). The average molecular weight is 413 g/mol. The van der Waals surface area contributed by atoms with Crippen LogP contribution in [0.5, 0.6) is 11.5 Å². The van der Waals surface area contributed by atoms with Gasteiger partial charge in [-0.25, -0.2) is 9.78 Å². The van der Waals surface area contributed by atoms with Crippen molar-refractivity contribution in [1.82, 2.24) is 4.98 Å². The van der Waals surface area contributed by atoms with Gasteiger partial charge >= 0.3 is 5.97 Å². The Labute approximate surface area is 166 Å². The molecule has 0 aliphatic rings. The lowest BCUT2D eigenvalue weighted by Gasteiger charge is -2.15. The van der Waals surface area contributed by atoms with Gasteiger partial charge in [-0.05, 0) is 38.1 Å². The van der Waals surface area contributed by atoms with Gasteiger partial charge in [0.2, 0.25) is 0 Å². The molecule has 7 nitrogen and oxygen atoms in total. The summed E-state index contributed by atoms with van der Waals surface area (Å²) in [5.41, 5.74) is 0.220. The highest BCUT2D eigenvalue weighted by atomic mass is 35.5. The Bertz CT molecular complexity index is 844. The summed E-state index contributed by atoms with van der Waals surface area (Å²) in [5, 5.41) is 2.99. The number of hydrogen-bond donors (Lipinski definition) is 1. The lowest BCUT2D eigenvalue weighted by Crippen LogP contribution is -2.30. The van der Waals surface area contributed by atoms with Crippen molar-refractivity contribution in [3.05, 3.63) is 46.1 Å². The molecule has 2 aromatic rings. The number of amides is 1. The van der Waals surface area contributed by atoms with E-state index >= 15 is 0 Å². The van der Waals surface area contributed by atoms with E-state index in [1.54, 1.807) is 6.07 Å². The van der Waals surface area contributed by atoms with Gasteiger partial charge in [0.05, 0.1) is 29.3 Å². The summed E-state index contributed by atoms with van der Waals surface area (Å²) in [5.74, 6) is -0.254. The Balaban J connectivity index is 2.04. The van der Waals surface area contributed by atoms with Gasteiger partial charge in [0, 0.05) is 6.20 Å². The molecule has 0 saturated carbocycles. The molecule has 1 N–H and O–H groups in total. The van der Waals surface area contributed by atoms with Crippen LogP contribution in [0.1, 0.15) is 24.2 Å². The van der Waals surface area contributed by atoms with E-state index in [2.05, 4.69) is 10.3 Å². The molecule has 0 aliphatic carbocycles. The first-order chi connectivity index (χ1) is 12.8. The normalized spacial score (nSPS) is 11.4. The van der Waals surface area contributed by atoms with Gasteiger partial charge < -0.3 is 19.5 Å². The van der Waals surface area contributed by atoms with Crippen molar-refractivity contribution >= 4 is 40.9 Å². The second-order valence-corrected chi connectivity index (χ2v) is 6.16. The number of ether oxygens (including phenoxy) is 3. The fourth-order valence-electron chi connectivity index (χ4n) is 2.08. The van der Waals surface area contributed by atoms with Crippen LogP contribution >= 0.6 is 23.2 Å². The lowest BCUT2D eigenvalue weighted by molar-refractivity contribution is -0.123. The first-order valence-corrected chi connectivity index (χ1v) is 8.75. The third kappa shape index (κ3) is 5.48. The molecule has 9 heteroatoms. The van der Waals surface area contributed by atoms with E-state index in [4.69, 9.17) is 37.4 Å². The van der Waals surface area contributed by atoms with E-state index in [1.807, 2.05) is 6.92 Å². The summed E-state index contributed by atoms with van der Waals surface area (Å²) >= 11 is 11.7. The number of pyridine rings is 1. The largest absolute Gasteiger partial charge is 0.493 e. The van der Waals surface area contributed by atoms with Crippen molar-refractivity contribution in [3.8, 4) is 11.5 Å². The molecule has 1 aromatic carbocycles. The number of hydrogen-bond acceptors (Lipinski definition) is 6. The Kier molecular flexibility index (Phi) is 7.27. The summed E-state index contributed by atoms with van der Waals surface area (Å²) in [4.78, 5) is 28.4. The minimum Gasteiger partial charge on any atom is -0.493 e. The predicted molar refractivity (Wildman–Crippen MR) is 102 cm³/mol. The van der Waals surface area contributed by atoms with Gasteiger partial charge in [-0.1, -0.05) is 23.2 Å². The molecule has 1 heterocycles. The highest BCUT2D eigenvalue weighted by molar-refractivity contribution is 6.36. The number of carbonyl (C=O) groups excluding carboxylic acids is 2. The van der Waals surface area contributed by atoms with E-state index in [9.17, 15) is 9.59 Å². The van der Waals surface area contributed by atoms with Crippen LogP contribution in [0.3, 0.4) is 0 Å². The zero-order valence-corrected chi connectivity index (χ0v) is 16.4. The monoisotopic (exact) mass is 412 g/mol. The first kappa shape index (κ1) is 20.8. The van der Waals surface area contributed by atoms with Crippen LogP contribution in [0, 0.1) is 0 Å². The molecular formula is C18H18Cl2N2O5. The van der Waals surface area contributed by atoms with Crippen LogP contribution < -0.4 is 14.8 Å². The van der Waals surface area contributed by atoms with Crippen LogP contribution in [0.2, 0.25) is 10.0 Å². The average Bonchev–Trinajstić information content (AvgIpc) is 2.64. The molecule has 1 atom stereocenters. The molecule has 144 valence electrons. The highest BCUT2D eigenvalue weighted by Crippen LogP contribution is 2.28. The molecular weight excluding hydrogens is 395 g/mol. The van der Waals surface area contributed by atoms with Gasteiger partial charge in [0.15, 0.2) is 23.4 Å². The molecule has 0 bridgehead atoms. The van der Waals surface area contributed by atoms with Gasteiger partial charge in [-0.15, -0.1) is 0 Å². The zero-order valence-electron chi connectivity index (χ0n) is 14.9. The molecule has 0 spiro atoms. The van der Waals surface area contributed by atoms with Crippen molar-refractivity contribution in [3.63, 3.8) is 0 Å². The van der Waals surface area contributed by atoms with Crippen LogP contribution in [0.15, 0.2) is 30.5 Å². The fraction of sp³-hybridized carbons (Fsp3) is 0.278. The van der Waals surface area contributed by atoms with E-state index in [0.29, 0.717) is 23.1 Å². The quantitative estimate of drug-likeness (QED) is 0.691. The van der Waals surface area contributed by atoms with Gasteiger partial charge in [0.25, 0.3) is 5.91 Å². The maximum absolute atomic E-state index is 12.3. The number of nitrogens with one attached hydrogen (secondary N) is 1. The van der Waals surface area contributed by atoms with Crippen molar-refractivity contribution < 1.29 is 23.8 Å². The first-order valence-electron chi connectivity index (χ1n) is 7.99. The van der Waals surface area contributed by atoms with Crippen LogP contribution in [0.4, 0.5) is 5.82 Å². The van der Waals surface area contributed by atoms with Crippen LogP contribution in [-0.2, 0) is 9.53 Å². The number of esters is 1. The maximum Gasteiger partial charge on any atom is 0.339 e. The van der Waals surface area contributed by atoms with Gasteiger partial charge in [0.1, 0.15) is 0 Å². The number of rotatable bonds is 7. The van der Waals surface area contributed by atoms with Crippen molar-refractivity contribution in [2.75, 3.05) is 19.0 Å². The number of halogens is 2. The van der Waals surface area contributed by atoms with E-state index in [0.717, 1.165) is 0 Å². The Morgan fingerprint density at radius 1 is 1.22 bits per heavy atom. The molecule has 1 amide bonds. The third-order valence-corrected chi connectivity index (χ3v) is 3.90. The SMILES string of the molecule is CCOc1ccc(C(=O)O[C@H](C)C(=O)Nc2ncc(Cl)cc2Cl)cc1OC. The molecule has 0 radical (unpaired) electrons. The fourth-order valence-corrected chi connectivity index (χ4v) is 2.50. The number of nitrogens with zero attached hydrogens (tertiary/aromatic N) is 1. The summed E-state index contributed by atoms with van der Waals surface area (Å²) in [7, 11) is 1.46. The number of anilines is 1. The van der Waals surface area contributed by atoms with Gasteiger partial charge in [-0.3, -0.25) is 4.79 Å². The van der Waals surface area contributed by atoms with E-state index in [1.165, 1.54) is 38.4 Å². The minimum atomic E-state index is -1.08. The summed E-state index contributed by atoms with van der Waals surface area (Å²) in [6, 6.07) is 6.04. The Morgan fingerprint density at radius 3 is 2.59 bits per heavy atom. The molecule has 27 heavy (non-hydrogen) atoms. The van der Waals surface area contributed by atoms with Crippen molar-refractivity contribution in [1.29, 1.82) is 0 Å². The molecule has 0 fully saturated rings. The van der Waals surface area contributed by atoms with Crippen LogP contribution in [0.25, 0.3) is 0 Å².